The molecule has 2 unspecified atom stereocenters. The second-order valence-electron chi connectivity index (χ2n) is 5.62. The summed E-state index contributed by atoms with van der Waals surface area (Å²) in [5, 5.41) is 3.69. The van der Waals surface area contributed by atoms with E-state index in [1.807, 2.05) is 12.4 Å². The van der Waals surface area contributed by atoms with E-state index in [0.717, 1.165) is 12.5 Å². The van der Waals surface area contributed by atoms with Crippen LogP contribution in [-0.4, -0.2) is 17.6 Å². The van der Waals surface area contributed by atoms with Gasteiger partial charge in [0, 0.05) is 18.4 Å². The lowest BCUT2D eigenvalue weighted by atomic mass is 9.86. The summed E-state index contributed by atoms with van der Waals surface area (Å²) in [5.41, 5.74) is 1.41. The van der Waals surface area contributed by atoms with Gasteiger partial charge in [-0.2, -0.15) is 0 Å². The quantitative estimate of drug-likeness (QED) is 0.827. The molecule has 1 N–H and O–H groups in total. The molecular weight excluding hydrogens is 220 g/mol. The van der Waals surface area contributed by atoms with Gasteiger partial charge in [-0.15, -0.1) is 0 Å². The van der Waals surface area contributed by atoms with Gasteiger partial charge in [-0.05, 0) is 42.5 Å². The average molecular weight is 246 g/mol. The Kier molecular flexibility index (Phi) is 5.18. The van der Waals surface area contributed by atoms with Gasteiger partial charge in [-0.1, -0.05) is 39.5 Å². The number of likely N-dealkylation sites (N-methyl/N-ethyl adjacent to an activating group) is 1. The van der Waals surface area contributed by atoms with Crippen molar-refractivity contribution in [3.8, 4) is 0 Å². The van der Waals surface area contributed by atoms with Crippen LogP contribution in [0.1, 0.15) is 57.4 Å². The predicted octanol–water partition coefficient (Wildman–Crippen LogP) is 3.74. The smallest absolute Gasteiger partial charge is 0.0270 e. The van der Waals surface area contributed by atoms with Crippen molar-refractivity contribution in [3.05, 3.63) is 30.1 Å². The summed E-state index contributed by atoms with van der Waals surface area (Å²) in [4.78, 5) is 4.12. The minimum atomic E-state index is 0.577. The molecule has 1 heterocycles. The molecule has 0 aliphatic heterocycles. The first-order chi connectivity index (χ1) is 8.81. The van der Waals surface area contributed by atoms with Crippen LogP contribution in [0, 0.1) is 5.92 Å². The molecule has 0 radical (unpaired) electrons. The molecule has 0 bridgehead atoms. The van der Waals surface area contributed by atoms with Crippen LogP contribution >= 0.6 is 0 Å². The summed E-state index contributed by atoms with van der Waals surface area (Å²) in [5.74, 6) is 1.52. The molecule has 1 fully saturated rings. The Morgan fingerprint density at radius 3 is 2.56 bits per heavy atom. The van der Waals surface area contributed by atoms with Crippen molar-refractivity contribution in [3.63, 3.8) is 0 Å². The van der Waals surface area contributed by atoms with E-state index in [1.54, 1.807) is 0 Å². The number of aromatic nitrogens is 1. The Morgan fingerprint density at radius 1 is 1.28 bits per heavy atom. The Morgan fingerprint density at radius 2 is 1.94 bits per heavy atom. The molecule has 1 aliphatic rings. The average Bonchev–Trinajstić information content (AvgIpc) is 2.91. The highest BCUT2D eigenvalue weighted by Gasteiger charge is 2.24. The van der Waals surface area contributed by atoms with Crippen molar-refractivity contribution in [2.75, 3.05) is 6.54 Å². The number of nitrogens with zero attached hydrogens (tertiary/aromatic N) is 1. The molecule has 2 nitrogen and oxygen atoms in total. The number of nitrogens with one attached hydrogen (secondary N) is 1. The summed E-state index contributed by atoms with van der Waals surface area (Å²) in [6, 6.07) is 4.92. The van der Waals surface area contributed by atoms with Crippen LogP contribution in [0.25, 0.3) is 0 Å². The molecule has 0 spiro atoms. The standard InChI is InChI=1S/C16H26N2/c1-3-18-16(12-14-6-4-5-7-14)13(2)15-8-10-17-11-9-15/h8-11,13-14,16,18H,3-7,12H2,1-2H3. The first-order valence-electron chi connectivity index (χ1n) is 7.44. The summed E-state index contributed by atoms with van der Waals surface area (Å²) in [6.45, 7) is 5.62. The third-order valence-electron chi connectivity index (χ3n) is 4.36. The second kappa shape index (κ2) is 6.89. The van der Waals surface area contributed by atoms with Crippen molar-refractivity contribution in [2.24, 2.45) is 5.92 Å². The van der Waals surface area contributed by atoms with Crippen molar-refractivity contribution in [2.45, 2.75) is 57.9 Å². The largest absolute Gasteiger partial charge is 0.314 e. The van der Waals surface area contributed by atoms with Crippen LogP contribution in [0.2, 0.25) is 0 Å². The van der Waals surface area contributed by atoms with Crippen LogP contribution in [0.15, 0.2) is 24.5 Å². The van der Waals surface area contributed by atoms with Gasteiger partial charge in [0.2, 0.25) is 0 Å². The predicted molar refractivity (Wildman–Crippen MR) is 76.7 cm³/mol. The Bertz CT molecular complexity index is 330. The van der Waals surface area contributed by atoms with Gasteiger partial charge in [0.05, 0.1) is 0 Å². The monoisotopic (exact) mass is 246 g/mol. The third-order valence-corrected chi connectivity index (χ3v) is 4.36. The van der Waals surface area contributed by atoms with E-state index in [4.69, 9.17) is 0 Å². The minimum absolute atomic E-state index is 0.577. The lowest BCUT2D eigenvalue weighted by Gasteiger charge is -2.27. The fourth-order valence-electron chi connectivity index (χ4n) is 3.23. The van der Waals surface area contributed by atoms with Crippen LogP contribution < -0.4 is 5.32 Å². The van der Waals surface area contributed by atoms with Gasteiger partial charge in [0.25, 0.3) is 0 Å². The number of pyridine rings is 1. The first-order valence-corrected chi connectivity index (χ1v) is 7.44. The SMILES string of the molecule is CCNC(CC1CCCC1)C(C)c1ccncc1. The van der Waals surface area contributed by atoms with E-state index >= 15 is 0 Å². The second-order valence-corrected chi connectivity index (χ2v) is 5.62. The molecular formula is C16H26N2. The molecule has 2 atom stereocenters. The zero-order chi connectivity index (χ0) is 12.8. The Hall–Kier alpha value is -0.890. The summed E-state index contributed by atoms with van der Waals surface area (Å²) >= 11 is 0. The molecule has 2 heteroatoms. The minimum Gasteiger partial charge on any atom is -0.314 e. The van der Waals surface area contributed by atoms with Crippen LogP contribution in [-0.2, 0) is 0 Å². The van der Waals surface area contributed by atoms with Crippen molar-refractivity contribution >= 4 is 0 Å². The number of hydrogen-bond donors (Lipinski definition) is 1. The van der Waals surface area contributed by atoms with E-state index in [1.165, 1.54) is 37.7 Å². The molecule has 1 aliphatic carbocycles. The highest BCUT2D eigenvalue weighted by Crippen LogP contribution is 2.32. The molecule has 1 aromatic heterocycles. The fraction of sp³-hybridized carbons (Fsp3) is 0.688. The van der Waals surface area contributed by atoms with Crippen molar-refractivity contribution in [1.82, 2.24) is 10.3 Å². The molecule has 0 amide bonds. The van der Waals surface area contributed by atoms with Crippen LogP contribution in [0.3, 0.4) is 0 Å². The Balaban J connectivity index is 1.99. The van der Waals surface area contributed by atoms with Gasteiger partial charge < -0.3 is 5.32 Å². The highest BCUT2D eigenvalue weighted by molar-refractivity contribution is 5.17. The molecule has 2 rings (SSSR count). The first kappa shape index (κ1) is 13.5. The maximum Gasteiger partial charge on any atom is 0.0270 e. The lowest BCUT2D eigenvalue weighted by molar-refractivity contribution is 0.357. The van der Waals surface area contributed by atoms with Crippen LogP contribution in [0.5, 0.6) is 0 Å². The topological polar surface area (TPSA) is 24.9 Å². The third kappa shape index (κ3) is 3.55. The molecule has 0 aromatic carbocycles. The maximum absolute atomic E-state index is 4.12. The zero-order valence-corrected chi connectivity index (χ0v) is 11.7. The lowest BCUT2D eigenvalue weighted by Crippen LogP contribution is -2.35. The summed E-state index contributed by atoms with van der Waals surface area (Å²) < 4.78 is 0. The van der Waals surface area contributed by atoms with Gasteiger partial charge in [-0.25, -0.2) is 0 Å². The molecule has 100 valence electrons. The zero-order valence-electron chi connectivity index (χ0n) is 11.7. The molecule has 18 heavy (non-hydrogen) atoms. The van der Waals surface area contributed by atoms with Crippen molar-refractivity contribution < 1.29 is 0 Å². The van der Waals surface area contributed by atoms with E-state index in [-0.39, 0.29) is 0 Å². The maximum atomic E-state index is 4.12. The summed E-state index contributed by atoms with van der Waals surface area (Å²) in [7, 11) is 0. The van der Waals surface area contributed by atoms with Gasteiger partial charge >= 0.3 is 0 Å². The molecule has 1 aromatic rings. The Labute approximate surface area is 111 Å². The number of hydrogen-bond acceptors (Lipinski definition) is 2. The fourth-order valence-corrected chi connectivity index (χ4v) is 3.23. The molecule has 0 saturated heterocycles. The van der Waals surface area contributed by atoms with Gasteiger partial charge in [0.15, 0.2) is 0 Å². The number of rotatable bonds is 6. The molecule has 1 saturated carbocycles. The van der Waals surface area contributed by atoms with Crippen LogP contribution in [0.4, 0.5) is 0 Å². The van der Waals surface area contributed by atoms with E-state index in [2.05, 4.69) is 36.3 Å². The van der Waals surface area contributed by atoms with E-state index in [0.29, 0.717) is 12.0 Å². The summed E-state index contributed by atoms with van der Waals surface area (Å²) in [6.07, 6.45) is 10.9. The van der Waals surface area contributed by atoms with E-state index in [9.17, 15) is 0 Å². The normalized spacial score (nSPS) is 19.9. The highest BCUT2D eigenvalue weighted by atomic mass is 14.9. The van der Waals surface area contributed by atoms with E-state index < -0.39 is 0 Å². The van der Waals surface area contributed by atoms with Gasteiger partial charge in [-0.3, -0.25) is 4.98 Å². The van der Waals surface area contributed by atoms with Crippen molar-refractivity contribution in [1.29, 1.82) is 0 Å². The van der Waals surface area contributed by atoms with Gasteiger partial charge in [0.1, 0.15) is 0 Å².